The van der Waals surface area contributed by atoms with Crippen LogP contribution >= 0.6 is 0 Å². The first-order chi connectivity index (χ1) is 14.1. The van der Waals surface area contributed by atoms with Crippen LogP contribution in [0.1, 0.15) is 30.9 Å². The average Bonchev–Trinajstić information content (AvgIpc) is 3.35. The van der Waals surface area contributed by atoms with Gasteiger partial charge in [0, 0.05) is 35.4 Å². The fraction of sp³-hybridized carbons (Fsp3) is 0.333. The van der Waals surface area contributed by atoms with Gasteiger partial charge in [0.1, 0.15) is 5.41 Å². The van der Waals surface area contributed by atoms with Gasteiger partial charge in [-0.3, -0.25) is 9.59 Å². The smallest absolute Gasteiger partial charge is 0.242 e. The van der Waals surface area contributed by atoms with Gasteiger partial charge in [0.05, 0.1) is 0 Å². The molecule has 3 aromatic rings. The van der Waals surface area contributed by atoms with Crippen molar-refractivity contribution in [3.05, 3.63) is 65.9 Å². The minimum atomic E-state index is -0.883. The highest BCUT2D eigenvalue weighted by Crippen LogP contribution is 2.49. The molecule has 1 fully saturated rings. The van der Waals surface area contributed by atoms with Crippen molar-refractivity contribution < 1.29 is 9.59 Å². The minimum Gasteiger partial charge on any atom is -0.361 e. The zero-order valence-electron chi connectivity index (χ0n) is 16.6. The van der Waals surface area contributed by atoms with Crippen molar-refractivity contribution in [3.8, 4) is 0 Å². The molecule has 5 rings (SSSR count). The summed E-state index contributed by atoms with van der Waals surface area (Å²) in [5.41, 5.74) is 3.54. The van der Waals surface area contributed by atoms with E-state index in [9.17, 15) is 9.59 Å². The summed E-state index contributed by atoms with van der Waals surface area (Å²) in [6.07, 6.45) is 4.85. The largest absolute Gasteiger partial charge is 0.361 e. The van der Waals surface area contributed by atoms with Crippen LogP contribution in [0.5, 0.6) is 0 Å². The summed E-state index contributed by atoms with van der Waals surface area (Å²) in [5.74, 6) is -0.168. The van der Waals surface area contributed by atoms with Crippen molar-refractivity contribution in [1.29, 1.82) is 0 Å². The number of aromatic amines is 1. The maximum Gasteiger partial charge on any atom is 0.242 e. The summed E-state index contributed by atoms with van der Waals surface area (Å²) >= 11 is 0. The number of nitrogens with zero attached hydrogens (tertiary/aromatic N) is 1. The maximum absolute atomic E-state index is 13.4. The van der Waals surface area contributed by atoms with E-state index >= 15 is 0 Å². The molecule has 2 amide bonds. The molecule has 2 heterocycles. The van der Waals surface area contributed by atoms with Crippen LogP contribution < -0.4 is 10.2 Å². The van der Waals surface area contributed by atoms with E-state index in [1.165, 1.54) is 16.5 Å². The normalized spacial score (nSPS) is 19.2. The molecular weight excluding hydrogens is 362 g/mol. The van der Waals surface area contributed by atoms with Crippen molar-refractivity contribution in [1.82, 2.24) is 10.3 Å². The molecular formula is C24H25N3O2. The number of H-pyrrole nitrogens is 1. The highest BCUT2D eigenvalue weighted by Gasteiger charge is 2.59. The molecule has 29 heavy (non-hydrogen) atoms. The van der Waals surface area contributed by atoms with Crippen LogP contribution in [-0.2, 0) is 22.4 Å². The Hall–Kier alpha value is -3.08. The van der Waals surface area contributed by atoms with Crippen LogP contribution in [0.15, 0.2) is 54.7 Å². The van der Waals surface area contributed by atoms with Crippen molar-refractivity contribution in [2.24, 2.45) is 5.41 Å². The van der Waals surface area contributed by atoms with Crippen molar-refractivity contribution in [2.75, 3.05) is 11.4 Å². The van der Waals surface area contributed by atoms with Crippen molar-refractivity contribution in [2.45, 2.75) is 38.6 Å². The Labute approximate surface area is 170 Å². The Morgan fingerprint density at radius 3 is 2.72 bits per heavy atom. The lowest BCUT2D eigenvalue weighted by molar-refractivity contribution is -0.135. The van der Waals surface area contributed by atoms with Crippen molar-refractivity contribution >= 4 is 28.4 Å². The number of hydrogen-bond donors (Lipinski definition) is 2. The molecule has 2 aliphatic rings. The summed E-state index contributed by atoms with van der Waals surface area (Å²) in [7, 11) is 0. The molecule has 0 saturated heterocycles. The molecule has 1 saturated carbocycles. The number of benzene rings is 2. The highest BCUT2D eigenvalue weighted by atomic mass is 16.2. The van der Waals surface area contributed by atoms with E-state index in [4.69, 9.17) is 0 Å². The zero-order valence-corrected chi connectivity index (χ0v) is 16.6. The van der Waals surface area contributed by atoms with Gasteiger partial charge in [0.15, 0.2) is 0 Å². The van der Waals surface area contributed by atoms with Gasteiger partial charge in [-0.25, -0.2) is 0 Å². The number of para-hydroxylation sites is 2. The van der Waals surface area contributed by atoms with Gasteiger partial charge in [-0.2, -0.15) is 0 Å². The first-order valence-corrected chi connectivity index (χ1v) is 10.3. The summed E-state index contributed by atoms with van der Waals surface area (Å²) in [5, 5.41) is 4.21. The fourth-order valence-electron chi connectivity index (χ4n) is 4.59. The molecule has 1 atom stereocenters. The van der Waals surface area contributed by atoms with Crippen LogP contribution in [0, 0.1) is 5.41 Å². The third kappa shape index (κ3) is 2.92. The molecule has 1 aromatic heterocycles. The number of aromatic nitrogens is 1. The van der Waals surface area contributed by atoms with Gasteiger partial charge in [-0.15, -0.1) is 0 Å². The lowest BCUT2D eigenvalue weighted by Crippen LogP contribution is -2.47. The van der Waals surface area contributed by atoms with Crippen LogP contribution in [0.2, 0.25) is 0 Å². The Morgan fingerprint density at radius 1 is 1.14 bits per heavy atom. The summed E-state index contributed by atoms with van der Waals surface area (Å²) < 4.78 is 0. The summed E-state index contributed by atoms with van der Waals surface area (Å²) in [4.78, 5) is 31.5. The molecule has 1 aliphatic heterocycles. The van der Waals surface area contributed by atoms with E-state index in [0.717, 1.165) is 24.0 Å². The fourth-order valence-corrected chi connectivity index (χ4v) is 4.59. The minimum absolute atomic E-state index is 0.0421. The number of hydrogen-bond acceptors (Lipinski definition) is 2. The second-order valence-electron chi connectivity index (χ2n) is 8.30. The first kappa shape index (κ1) is 18.0. The number of carbonyl (C=O) groups is 2. The van der Waals surface area contributed by atoms with Crippen molar-refractivity contribution in [3.63, 3.8) is 0 Å². The Balaban J connectivity index is 1.27. The summed E-state index contributed by atoms with van der Waals surface area (Å²) in [6, 6.07) is 16.3. The third-order valence-corrected chi connectivity index (χ3v) is 6.37. The second-order valence-corrected chi connectivity index (χ2v) is 8.30. The van der Waals surface area contributed by atoms with E-state index in [2.05, 4.69) is 29.4 Å². The lowest BCUT2D eigenvalue weighted by Gasteiger charge is -2.27. The summed E-state index contributed by atoms with van der Waals surface area (Å²) in [6.45, 7) is 2.59. The zero-order chi connectivity index (χ0) is 20.0. The van der Waals surface area contributed by atoms with E-state index in [1.54, 1.807) is 0 Å². The van der Waals surface area contributed by atoms with E-state index in [-0.39, 0.29) is 17.9 Å². The standard InChI is InChI=1S/C24H25N3O2/c1-16-14-17-6-2-5-9-21(17)27(16)23(29)24(11-12-24)22(28)25-13-10-18-15-26-20-8-4-3-7-19(18)20/h2-9,15-16,26H,10-14H2,1H3,(H,25,28). The number of fused-ring (bicyclic) bond motifs is 2. The number of rotatable bonds is 5. The topological polar surface area (TPSA) is 65.2 Å². The molecule has 5 heteroatoms. The van der Waals surface area contributed by atoms with Gasteiger partial charge in [0.25, 0.3) is 0 Å². The molecule has 0 spiro atoms. The number of anilines is 1. The molecule has 1 aliphatic carbocycles. The number of nitrogens with one attached hydrogen (secondary N) is 2. The third-order valence-electron chi connectivity index (χ3n) is 6.37. The van der Waals surface area contributed by atoms with E-state index in [1.807, 2.05) is 47.5 Å². The molecule has 148 valence electrons. The molecule has 0 radical (unpaired) electrons. The van der Waals surface area contributed by atoms with E-state index < -0.39 is 5.41 Å². The Bertz CT molecular complexity index is 1100. The molecule has 0 bridgehead atoms. The number of amides is 2. The van der Waals surface area contributed by atoms with E-state index in [0.29, 0.717) is 19.4 Å². The molecule has 1 unspecified atom stereocenters. The van der Waals surface area contributed by atoms with Crippen LogP contribution in [0.25, 0.3) is 10.9 Å². The van der Waals surface area contributed by atoms with Crippen LogP contribution in [-0.4, -0.2) is 29.4 Å². The van der Waals surface area contributed by atoms with Gasteiger partial charge in [-0.05, 0) is 55.9 Å². The van der Waals surface area contributed by atoms with Gasteiger partial charge in [0.2, 0.25) is 11.8 Å². The monoisotopic (exact) mass is 387 g/mol. The molecule has 2 aromatic carbocycles. The van der Waals surface area contributed by atoms with Gasteiger partial charge >= 0.3 is 0 Å². The highest BCUT2D eigenvalue weighted by molar-refractivity contribution is 6.15. The van der Waals surface area contributed by atoms with Gasteiger partial charge in [-0.1, -0.05) is 36.4 Å². The predicted molar refractivity (Wildman–Crippen MR) is 114 cm³/mol. The quantitative estimate of drug-likeness (QED) is 0.657. The lowest BCUT2D eigenvalue weighted by atomic mass is 10.0. The van der Waals surface area contributed by atoms with Gasteiger partial charge < -0.3 is 15.2 Å². The average molecular weight is 387 g/mol. The second kappa shape index (κ2) is 6.76. The first-order valence-electron chi connectivity index (χ1n) is 10.3. The SMILES string of the molecule is CC1Cc2ccccc2N1C(=O)C1(C(=O)NCCc2c[nH]c3ccccc23)CC1. The van der Waals surface area contributed by atoms with Crippen LogP contribution in [0.4, 0.5) is 5.69 Å². The van der Waals surface area contributed by atoms with Crippen LogP contribution in [0.3, 0.4) is 0 Å². The Kier molecular flexibility index (Phi) is 4.19. The Morgan fingerprint density at radius 2 is 1.90 bits per heavy atom. The number of carbonyl (C=O) groups excluding carboxylic acids is 2. The maximum atomic E-state index is 13.4. The predicted octanol–water partition coefficient (Wildman–Crippen LogP) is 3.58. The molecule has 5 nitrogen and oxygen atoms in total. The molecule has 2 N–H and O–H groups in total.